The number of rotatable bonds is 11. The lowest BCUT2D eigenvalue weighted by atomic mass is 9.82. The second-order valence-electron chi connectivity index (χ2n) is 15.5. The molecule has 310 valence electrons. The second-order valence-corrected chi connectivity index (χ2v) is 15.5. The Bertz CT molecular complexity index is 1240. The second kappa shape index (κ2) is 21.3. The van der Waals surface area contributed by atoms with E-state index in [9.17, 15) is 34.8 Å². The van der Waals surface area contributed by atoms with Gasteiger partial charge in [-0.15, -0.1) is 0 Å². The summed E-state index contributed by atoms with van der Waals surface area (Å²) in [5, 5.41) is 45.7. The van der Waals surface area contributed by atoms with Gasteiger partial charge in [0.05, 0.1) is 43.0 Å². The molecule has 0 aromatic heterocycles. The minimum absolute atomic E-state index is 0.0274. The summed E-state index contributed by atoms with van der Waals surface area (Å²) in [6.45, 7) is 10.4. The molecule has 3 aliphatic rings. The number of aldehydes is 1. The van der Waals surface area contributed by atoms with Crippen LogP contribution in [0.4, 0.5) is 0 Å². The van der Waals surface area contributed by atoms with Crippen molar-refractivity contribution in [3.63, 3.8) is 0 Å². The average molecular weight is 772 g/mol. The molecule has 0 aromatic rings. The molecule has 0 spiro atoms. The maximum absolute atomic E-state index is 12.9. The zero-order valence-electron chi connectivity index (χ0n) is 33.3. The largest absolute Gasteiger partial charge is 0.462 e. The van der Waals surface area contributed by atoms with E-state index in [0.717, 1.165) is 6.29 Å². The molecule has 3 heterocycles. The Balaban J connectivity index is 1.91. The van der Waals surface area contributed by atoms with Crippen LogP contribution in [0.2, 0.25) is 0 Å². The fourth-order valence-corrected chi connectivity index (χ4v) is 7.66. The Morgan fingerprint density at radius 3 is 2.35 bits per heavy atom. The third-order valence-electron chi connectivity index (χ3n) is 10.5. The molecule has 0 saturated carbocycles. The van der Waals surface area contributed by atoms with Crippen LogP contribution in [0.5, 0.6) is 0 Å². The van der Waals surface area contributed by atoms with Crippen molar-refractivity contribution in [3.8, 4) is 0 Å². The maximum atomic E-state index is 12.9. The van der Waals surface area contributed by atoms with Crippen LogP contribution >= 0.6 is 0 Å². The molecule has 0 bridgehead atoms. The number of aliphatic hydroxyl groups excluding tert-OH is 3. The zero-order chi connectivity index (χ0) is 40.3. The molecule has 2 saturated heterocycles. The molecule has 15 heteroatoms. The summed E-state index contributed by atoms with van der Waals surface area (Å²) in [6, 6.07) is -0.750. The minimum Gasteiger partial charge on any atom is -0.462 e. The quantitative estimate of drug-likeness (QED) is 0.176. The first-order valence-electron chi connectivity index (χ1n) is 19.2. The smallest absolute Gasteiger partial charge is 0.308 e. The van der Waals surface area contributed by atoms with Crippen LogP contribution in [0.1, 0.15) is 86.5 Å². The third-order valence-corrected chi connectivity index (χ3v) is 10.5. The minimum atomic E-state index is -1.47. The van der Waals surface area contributed by atoms with Crippen molar-refractivity contribution < 1.29 is 68.0 Å². The molecule has 3 aliphatic heterocycles. The molecule has 2 fully saturated rings. The Kier molecular flexibility index (Phi) is 18.2. The fourth-order valence-electron chi connectivity index (χ4n) is 7.66. The van der Waals surface area contributed by atoms with E-state index >= 15 is 0 Å². The lowest BCUT2D eigenvalue weighted by Gasteiger charge is -2.50. The van der Waals surface area contributed by atoms with Gasteiger partial charge in [-0.05, 0) is 66.5 Å². The number of cyclic esters (lactones) is 1. The summed E-state index contributed by atoms with van der Waals surface area (Å²) in [5.74, 6) is -2.11. The topological polar surface area (TPSA) is 200 Å². The first-order valence-corrected chi connectivity index (χ1v) is 19.2. The number of carbonyl (C=O) groups excluding carboxylic acids is 3. The molecule has 0 unspecified atom stereocenters. The molecule has 54 heavy (non-hydrogen) atoms. The lowest BCUT2D eigenvalue weighted by Crippen LogP contribution is -2.66. The SMILES string of the molecule is CCCC(=O)O[C@H]1[C@H](C)O[C@@H](O[C@H]2[C@H](N(C)C)[C@@H](O)[C@H](O[C@@H]3[C@H](CC=O)C[C@@H](C)[C@@H](O)/C=C/C=C/C[C@@H](C)OC(=O)C[C@@H](O)[C@@H]3OC)O[C@@H]2C)C[C@@]1(C)O. The van der Waals surface area contributed by atoms with Crippen molar-refractivity contribution in [3.05, 3.63) is 24.3 Å². The zero-order valence-corrected chi connectivity index (χ0v) is 33.3. The molecule has 0 amide bonds. The fraction of sp³-hybridized carbons (Fsp3) is 0.821. The van der Waals surface area contributed by atoms with Gasteiger partial charge in [0.15, 0.2) is 18.7 Å². The monoisotopic (exact) mass is 771 g/mol. The molecular weight excluding hydrogens is 706 g/mol. The first kappa shape index (κ1) is 46.1. The van der Waals surface area contributed by atoms with E-state index in [4.69, 9.17) is 33.2 Å². The van der Waals surface area contributed by atoms with E-state index in [-0.39, 0.29) is 31.6 Å². The van der Waals surface area contributed by atoms with Crippen LogP contribution in [0.25, 0.3) is 0 Å². The Labute approximate surface area is 319 Å². The highest BCUT2D eigenvalue weighted by molar-refractivity contribution is 5.70. The van der Waals surface area contributed by atoms with Crippen molar-refractivity contribution in [1.82, 2.24) is 4.90 Å². The van der Waals surface area contributed by atoms with Crippen molar-refractivity contribution in [2.75, 3.05) is 21.2 Å². The predicted molar refractivity (Wildman–Crippen MR) is 196 cm³/mol. The van der Waals surface area contributed by atoms with Gasteiger partial charge in [0.2, 0.25) is 0 Å². The number of carbonyl (C=O) groups is 3. The number of nitrogens with zero attached hydrogens (tertiary/aromatic N) is 1. The van der Waals surface area contributed by atoms with Gasteiger partial charge >= 0.3 is 11.9 Å². The van der Waals surface area contributed by atoms with Gasteiger partial charge in [0.25, 0.3) is 0 Å². The molecular formula is C39H65NO14. The van der Waals surface area contributed by atoms with E-state index in [1.54, 1.807) is 64.9 Å². The van der Waals surface area contributed by atoms with E-state index in [0.29, 0.717) is 12.8 Å². The number of esters is 2. The molecule has 15 nitrogen and oxygen atoms in total. The maximum Gasteiger partial charge on any atom is 0.308 e. The number of hydrogen-bond donors (Lipinski definition) is 4. The molecule has 4 N–H and O–H groups in total. The summed E-state index contributed by atoms with van der Waals surface area (Å²) in [7, 11) is 4.86. The Hall–Kier alpha value is -2.31. The molecule has 16 atom stereocenters. The summed E-state index contributed by atoms with van der Waals surface area (Å²) in [4.78, 5) is 39.0. The van der Waals surface area contributed by atoms with E-state index in [1.165, 1.54) is 7.11 Å². The third kappa shape index (κ3) is 12.6. The van der Waals surface area contributed by atoms with Gasteiger partial charge in [-0.1, -0.05) is 38.2 Å². The van der Waals surface area contributed by atoms with Crippen LogP contribution in [-0.4, -0.2) is 150 Å². The summed E-state index contributed by atoms with van der Waals surface area (Å²) >= 11 is 0. The number of methoxy groups -OCH3 is 1. The average Bonchev–Trinajstić information content (AvgIpc) is 3.07. The van der Waals surface area contributed by atoms with Crippen molar-refractivity contribution >= 4 is 18.2 Å². The summed E-state index contributed by atoms with van der Waals surface area (Å²) in [5.41, 5.74) is -1.47. The van der Waals surface area contributed by atoms with Gasteiger partial charge in [-0.25, -0.2) is 0 Å². The van der Waals surface area contributed by atoms with Crippen LogP contribution in [-0.2, 0) is 47.5 Å². The van der Waals surface area contributed by atoms with E-state index in [2.05, 4.69) is 0 Å². The normalized spacial score (nSPS) is 42.9. The van der Waals surface area contributed by atoms with Crippen molar-refractivity contribution in [1.29, 1.82) is 0 Å². The highest BCUT2D eigenvalue weighted by Crippen LogP contribution is 2.37. The van der Waals surface area contributed by atoms with Crippen LogP contribution in [0.15, 0.2) is 24.3 Å². The van der Waals surface area contributed by atoms with E-state index < -0.39 is 110 Å². The van der Waals surface area contributed by atoms with Gasteiger partial charge < -0.3 is 63.3 Å². The van der Waals surface area contributed by atoms with Gasteiger partial charge in [-0.3, -0.25) is 9.59 Å². The first-order chi connectivity index (χ1) is 25.4. The highest BCUT2D eigenvalue weighted by atomic mass is 16.7. The van der Waals surface area contributed by atoms with Crippen molar-refractivity contribution in [2.45, 2.75) is 172 Å². The summed E-state index contributed by atoms with van der Waals surface area (Å²) < 4.78 is 42.2. The summed E-state index contributed by atoms with van der Waals surface area (Å²) in [6.07, 6.45) is -3.26. The van der Waals surface area contributed by atoms with Crippen LogP contribution in [0, 0.1) is 11.8 Å². The molecule has 0 aliphatic carbocycles. The van der Waals surface area contributed by atoms with E-state index in [1.807, 2.05) is 19.9 Å². The molecule has 0 radical (unpaired) electrons. The number of likely N-dealkylation sites (N-methyl/N-ethyl adjacent to an activating group) is 1. The Morgan fingerprint density at radius 2 is 1.74 bits per heavy atom. The predicted octanol–water partition coefficient (Wildman–Crippen LogP) is 2.20. The van der Waals surface area contributed by atoms with Crippen molar-refractivity contribution in [2.24, 2.45) is 11.8 Å². The molecule has 0 aromatic carbocycles. The van der Waals surface area contributed by atoms with Gasteiger partial charge in [-0.2, -0.15) is 0 Å². The Morgan fingerprint density at radius 1 is 1.04 bits per heavy atom. The van der Waals surface area contributed by atoms with Gasteiger partial charge in [0.1, 0.15) is 36.3 Å². The van der Waals surface area contributed by atoms with Gasteiger partial charge in [0, 0.05) is 32.8 Å². The number of allylic oxidation sites excluding steroid dienone is 2. The number of ether oxygens (including phenoxy) is 7. The highest BCUT2D eigenvalue weighted by Gasteiger charge is 2.52. The number of aliphatic hydroxyl groups is 4. The standard InChI is InChI=1S/C39H65NO14/c1-10-14-29(44)52-37-25(5)50-31(21-39(37,6)47)53-34-24(4)51-38(33(46)32(34)40(7)8)54-35-26(17-18-41)19-22(2)27(42)16-13-11-12-15-23(3)49-30(45)20-28(43)36(35)48-9/h11-13,16,18,22-28,31-38,42-43,46-47H,10,14-15,17,19-21H2,1-9H3/b12-11+,16-13+/t22-,23-,24-,25+,26-,27+,28-,31+,32-,33-,34-,35-,36+,37+,38+,39-/m1/s1. The van der Waals surface area contributed by atoms with Crippen LogP contribution < -0.4 is 0 Å². The molecule has 3 rings (SSSR count). The van der Waals surface area contributed by atoms with Crippen LogP contribution in [0.3, 0.4) is 0 Å². The lowest BCUT2D eigenvalue weighted by molar-refractivity contribution is -0.344. The number of hydrogen-bond acceptors (Lipinski definition) is 15.